The van der Waals surface area contributed by atoms with Gasteiger partial charge in [0.1, 0.15) is 0 Å². The quantitative estimate of drug-likeness (QED) is 0.679. The van der Waals surface area contributed by atoms with Crippen LogP contribution in [0.1, 0.15) is 40.5 Å². The highest BCUT2D eigenvalue weighted by Gasteiger charge is 2.27. The monoisotopic (exact) mass is 246 g/mol. The summed E-state index contributed by atoms with van der Waals surface area (Å²) in [6.45, 7) is 9.76. The van der Waals surface area contributed by atoms with E-state index < -0.39 is 5.97 Å². The van der Waals surface area contributed by atoms with Crippen molar-refractivity contribution in [2.75, 3.05) is 26.9 Å². The number of rotatable bonds is 9. The molecule has 0 radical (unpaired) electrons. The van der Waals surface area contributed by atoms with E-state index in [-0.39, 0.29) is 17.3 Å². The Kier molecular flexibility index (Phi) is 6.72. The number of aliphatic carboxylic acids is 1. The molecule has 0 aromatic heterocycles. The summed E-state index contributed by atoms with van der Waals surface area (Å²) in [7, 11) is 1.67. The molecule has 0 saturated carbocycles. The smallest absolute Gasteiger partial charge is 0.303 e. The van der Waals surface area contributed by atoms with Gasteiger partial charge in [-0.05, 0) is 6.42 Å². The standard InChI is InChI=1S/C13H26O4/c1-6-13(4,7-11(14)15)10-17-9-12(2,3)8-16-5/h6-10H2,1-5H3,(H,14,15). The first-order valence-corrected chi connectivity index (χ1v) is 6.03. The van der Waals surface area contributed by atoms with E-state index in [4.69, 9.17) is 14.6 Å². The van der Waals surface area contributed by atoms with Crippen molar-refractivity contribution in [1.82, 2.24) is 0 Å². The molecule has 1 unspecified atom stereocenters. The van der Waals surface area contributed by atoms with Crippen molar-refractivity contribution >= 4 is 5.97 Å². The lowest BCUT2D eigenvalue weighted by molar-refractivity contribution is -0.141. The number of carboxylic acid groups (broad SMARTS) is 1. The predicted octanol–water partition coefficient (Wildman–Crippen LogP) is 2.57. The highest BCUT2D eigenvalue weighted by molar-refractivity contribution is 5.67. The lowest BCUT2D eigenvalue weighted by Crippen LogP contribution is -2.31. The van der Waals surface area contributed by atoms with Crippen LogP contribution in [0.25, 0.3) is 0 Å². The molecule has 4 heteroatoms. The average molecular weight is 246 g/mol. The van der Waals surface area contributed by atoms with E-state index in [1.165, 1.54) is 0 Å². The van der Waals surface area contributed by atoms with Gasteiger partial charge in [0, 0.05) is 17.9 Å². The van der Waals surface area contributed by atoms with Gasteiger partial charge < -0.3 is 14.6 Å². The fourth-order valence-electron chi connectivity index (χ4n) is 1.65. The van der Waals surface area contributed by atoms with Crippen molar-refractivity contribution in [1.29, 1.82) is 0 Å². The highest BCUT2D eigenvalue weighted by atomic mass is 16.5. The van der Waals surface area contributed by atoms with Gasteiger partial charge in [-0.15, -0.1) is 0 Å². The summed E-state index contributed by atoms with van der Waals surface area (Å²) in [6, 6.07) is 0. The zero-order valence-corrected chi connectivity index (χ0v) is 11.7. The lowest BCUT2D eigenvalue weighted by Gasteiger charge is -2.29. The van der Waals surface area contributed by atoms with Crippen molar-refractivity contribution in [3.8, 4) is 0 Å². The number of hydrogen-bond acceptors (Lipinski definition) is 3. The van der Waals surface area contributed by atoms with E-state index in [0.717, 1.165) is 6.42 Å². The van der Waals surface area contributed by atoms with Gasteiger partial charge >= 0.3 is 5.97 Å². The van der Waals surface area contributed by atoms with Gasteiger partial charge in [-0.2, -0.15) is 0 Å². The Labute approximate surface area is 104 Å². The Morgan fingerprint density at radius 3 is 2.18 bits per heavy atom. The Morgan fingerprint density at radius 1 is 1.18 bits per heavy atom. The van der Waals surface area contributed by atoms with Crippen LogP contribution in [-0.2, 0) is 14.3 Å². The number of methoxy groups -OCH3 is 1. The van der Waals surface area contributed by atoms with Gasteiger partial charge in [0.25, 0.3) is 0 Å². The van der Waals surface area contributed by atoms with Crippen LogP contribution < -0.4 is 0 Å². The summed E-state index contributed by atoms with van der Waals surface area (Å²) >= 11 is 0. The predicted molar refractivity (Wildman–Crippen MR) is 67.1 cm³/mol. The molecule has 0 amide bonds. The molecule has 0 heterocycles. The van der Waals surface area contributed by atoms with Crippen molar-refractivity contribution in [3.05, 3.63) is 0 Å². The first kappa shape index (κ1) is 16.4. The van der Waals surface area contributed by atoms with Gasteiger partial charge in [0.2, 0.25) is 0 Å². The van der Waals surface area contributed by atoms with Crippen LogP contribution in [0.3, 0.4) is 0 Å². The third-order valence-electron chi connectivity index (χ3n) is 2.91. The van der Waals surface area contributed by atoms with E-state index in [2.05, 4.69) is 13.8 Å². The van der Waals surface area contributed by atoms with E-state index in [9.17, 15) is 4.79 Å². The highest BCUT2D eigenvalue weighted by Crippen LogP contribution is 2.27. The van der Waals surface area contributed by atoms with Crippen LogP contribution in [-0.4, -0.2) is 38.0 Å². The van der Waals surface area contributed by atoms with Crippen LogP contribution in [0, 0.1) is 10.8 Å². The molecule has 0 fully saturated rings. The van der Waals surface area contributed by atoms with E-state index in [1.54, 1.807) is 7.11 Å². The lowest BCUT2D eigenvalue weighted by atomic mass is 9.85. The third kappa shape index (κ3) is 7.34. The molecule has 4 nitrogen and oxygen atoms in total. The summed E-state index contributed by atoms with van der Waals surface area (Å²) in [5.41, 5.74) is -0.318. The molecule has 0 aromatic rings. The zero-order valence-electron chi connectivity index (χ0n) is 11.7. The molecule has 0 spiro atoms. The Morgan fingerprint density at radius 2 is 1.76 bits per heavy atom. The summed E-state index contributed by atoms with van der Waals surface area (Å²) in [4.78, 5) is 10.8. The normalized spacial score (nSPS) is 15.6. The van der Waals surface area contributed by atoms with Crippen molar-refractivity contribution in [2.24, 2.45) is 10.8 Å². The van der Waals surface area contributed by atoms with Crippen molar-refractivity contribution in [3.63, 3.8) is 0 Å². The molecule has 102 valence electrons. The summed E-state index contributed by atoms with van der Waals surface area (Å²) in [5, 5.41) is 8.85. The SMILES string of the molecule is CCC(C)(COCC(C)(C)COC)CC(=O)O. The van der Waals surface area contributed by atoms with E-state index >= 15 is 0 Å². The van der Waals surface area contributed by atoms with Gasteiger partial charge in [-0.1, -0.05) is 27.7 Å². The van der Waals surface area contributed by atoms with Gasteiger partial charge in [-0.3, -0.25) is 4.79 Å². The van der Waals surface area contributed by atoms with Crippen LogP contribution in [0.15, 0.2) is 0 Å². The largest absolute Gasteiger partial charge is 0.481 e. The molecular weight excluding hydrogens is 220 g/mol. The second-order valence-electron chi connectivity index (χ2n) is 5.82. The number of hydrogen-bond donors (Lipinski definition) is 1. The van der Waals surface area contributed by atoms with Crippen molar-refractivity contribution < 1.29 is 19.4 Å². The number of carboxylic acids is 1. The summed E-state index contributed by atoms with van der Waals surface area (Å²) < 4.78 is 10.8. The fourth-order valence-corrected chi connectivity index (χ4v) is 1.65. The Balaban J connectivity index is 4.11. The number of ether oxygens (including phenoxy) is 2. The second kappa shape index (κ2) is 6.97. The molecule has 0 aliphatic heterocycles. The molecule has 0 saturated heterocycles. The maximum atomic E-state index is 10.8. The molecule has 0 aliphatic carbocycles. The Hall–Kier alpha value is -0.610. The van der Waals surface area contributed by atoms with E-state index in [1.807, 2.05) is 13.8 Å². The first-order chi connectivity index (χ1) is 7.74. The van der Waals surface area contributed by atoms with Gasteiger partial charge in [0.15, 0.2) is 0 Å². The molecule has 0 aromatic carbocycles. The maximum Gasteiger partial charge on any atom is 0.303 e. The fraction of sp³-hybridized carbons (Fsp3) is 0.923. The molecule has 0 rings (SSSR count). The molecule has 1 N–H and O–H groups in total. The third-order valence-corrected chi connectivity index (χ3v) is 2.91. The molecule has 1 atom stereocenters. The van der Waals surface area contributed by atoms with E-state index in [0.29, 0.717) is 19.8 Å². The molecular formula is C13H26O4. The van der Waals surface area contributed by atoms with Crippen LogP contribution in [0.4, 0.5) is 0 Å². The van der Waals surface area contributed by atoms with Gasteiger partial charge in [0.05, 0.1) is 26.2 Å². The minimum atomic E-state index is -0.769. The molecule has 0 aliphatic rings. The summed E-state index contributed by atoms with van der Waals surface area (Å²) in [5.74, 6) is -0.769. The minimum absolute atomic E-state index is 0.0351. The second-order valence-corrected chi connectivity index (χ2v) is 5.82. The summed E-state index contributed by atoms with van der Waals surface area (Å²) in [6.07, 6.45) is 0.943. The van der Waals surface area contributed by atoms with Crippen LogP contribution >= 0.6 is 0 Å². The zero-order chi connectivity index (χ0) is 13.5. The molecule has 17 heavy (non-hydrogen) atoms. The van der Waals surface area contributed by atoms with Crippen LogP contribution in [0.2, 0.25) is 0 Å². The average Bonchev–Trinajstić information content (AvgIpc) is 2.16. The minimum Gasteiger partial charge on any atom is -0.481 e. The topological polar surface area (TPSA) is 55.8 Å². The van der Waals surface area contributed by atoms with Crippen LogP contribution in [0.5, 0.6) is 0 Å². The van der Waals surface area contributed by atoms with Crippen molar-refractivity contribution in [2.45, 2.75) is 40.5 Å². The number of carbonyl (C=O) groups is 1. The van der Waals surface area contributed by atoms with Gasteiger partial charge in [-0.25, -0.2) is 0 Å². The Bertz CT molecular complexity index is 238. The maximum absolute atomic E-state index is 10.8. The first-order valence-electron chi connectivity index (χ1n) is 6.03. The molecule has 0 bridgehead atoms.